The van der Waals surface area contributed by atoms with Gasteiger partial charge in [0.25, 0.3) is 11.7 Å². The number of rotatable bonds is 5. The SMILES string of the molecule is CC(C)c1ccc(C2/C(=C(/O)c3ccc4c(c3)OCO4)C(=O)C(=O)N2Cc2cccnc2)cc1. The molecule has 0 bridgehead atoms. The van der Waals surface area contributed by atoms with Crippen LogP contribution in [0.25, 0.3) is 5.76 Å². The zero-order valence-electron chi connectivity index (χ0n) is 18.9. The van der Waals surface area contributed by atoms with Crippen molar-refractivity contribution in [2.24, 2.45) is 0 Å². The van der Waals surface area contributed by atoms with Crippen LogP contribution < -0.4 is 9.47 Å². The number of fused-ring (bicyclic) bond motifs is 1. The molecule has 0 saturated carbocycles. The molecule has 7 heteroatoms. The monoisotopic (exact) mass is 456 g/mol. The van der Waals surface area contributed by atoms with Crippen LogP contribution in [0.4, 0.5) is 0 Å². The average Bonchev–Trinajstić information content (AvgIpc) is 3.42. The Morgan fingerprint density at radius 1 is 1.09 bits per heavy atom. The first-order valence-corrected chi connectivity index (χ1v) is 11.1. The molecule has 0 spiro atoms. The number of pyridine rings is 1. The van der Waals surface area contributed by atoms with Crippen LogP contribution in [0.5, 0.6) is 11.5 Å². The van der Waals surface area contributed by atoms with Gasteiger partial charge in [-0.1, -0.05) is 44.2 Å². The molecule has 3 aromatic rings. The van der Waals surface area contributed by atoms with E-state index in [0.29, 0.717) is 23.0 Å². The van der Waals surface area contributed by atoms with E-state index in [1.807, 2.05) is 30.3 Å². The van der Waals surface area contributed by atoms with E-state index >= 15 is 0 Å². The Morgan fingerprint density at radius 2 is 1.85 bits per heavy atom. The van der Waals surface area contributed by atoms with E-state index in [-0.39, 0.29) is 24.7 Å². The van der Waals surface area contributed by atoms with Gasteiger partial charge < -0.3 is 19.5 Å². The number of nitrogens with zero attached hydrogens (tertiary/aromatic N) is 2. The van der Waals surface area contributed by atoms with Gasteiger partial charge in [0.1, 0.15) is 5.76 Å². The van der Waals surface area contributed by atoms with Crippen molar-refractivity contribution in [3.8, 4) is 11.5 Å². The molecule has 2 aromatic carbocycles. The summed E-state index contributed by atoms with van der Waals surface area (Å²) in [7, 11) is 0. The van der Waals surface area contributed by atoms with Crippen molar-refractivity contribution in [2.75, 3.05) is 6.79 Å². The third-order valence-corrected chi connectivity index (χ3v) is 6.18. The molecule has 34 heavy (non-hydrogen) atoms. The van der Waals surface area contributed by atoms with Crippen molar-refractivity contribution in [2.45, 2.75) is 32.4 Å². The molecular formula is C27H24N2O5. The van der Waals surface area contributed by atoms with Gasteiger partial charge in [0, 0.05) is 24.5 Å². The van der Waals surface area contributed by atoms with E-state index in [0.717, 1.165) is 16.7 Å². The Balaban J connectivity index is 1.63. The van der Waals surface area contributed by atoms with Gasteiger partial charge in [-0.3, -0.25) is 14.6 Å². The van der Waals surface area contributed by atoms with Crippen LogP contribution >= 0.6 is 0 Å². The highest BCUT2D eigenvalue weighted by atomic mass is 16.7. The Morgan fingerprint density at radius 3 is 2.56 bits per heavy atom. The minimum Gasteiger partial charge on any atom is -0.507 e. The maximum atomic E-state index is 13.2. The Labute approximate surface area is 197 Å². The van der Waals surface area contributed by atoms with Crippen LogP contribution in [-0.4, -0.2) is 33.5 Å². The highest BCUT2D eigenvalue weighted by Crippen LogP contribution is 2.42. The number of carbonyl (C=O) groups is 2. The predicted molar refractivity (Wildman–Crippen MR) is 125 cm³/mol. The molecule has 1 N–H and O–H groups in total. The summed E-state index contributed by atoms with van der Waals surface area (Å²) in [6.45, 7) is 4.48. The Kier molecular flexibility index (Phi) is 5.53. The lowest BCUT2D eigenvalue weighted by molar-refractivity contribution is -0.140. The molecule has 1 aromatic heterocycles. The molecule has 2 aliphatic heterocycles. The maximum absolute atomic E-state index is 13.2. The lowest BCUT2D eigenvalue weighted by atomic mass is 9.93. The van der Waals surface area contributed by atoms with Gasteiger partial charge in [0.15, 0.2) is 11.5 Å². The summed E-state index contributed by atoms with van der Waals surface area (Å²) in [5.41, 5.74) is 3.10. The minimum absolute atomic E-state index is 0.0463. The van der Waals surface area contributed by atoms with Gasteiger partial charge in [-0.15, -0.1) is 0 Å². The van der Waals surface area contributed by atoms with Crippen LogP contribution in [0, 0.1) is 0 Å². The van der Waals surface area contributed by atoms with Gasteiger partial charge in [0.2, 0.25) is 6.79 Å². The van der Waals surface area contributed by atoms with Crippen LogP contribution in [0.15, 0.2) is 72.6 Å². The Hall–Kier alpha value is -4.13. The zero-order valence-corrected chi connectivity index (χ0v) is 18.9. The standard InChI is InChI=1S/C27H24N2O5/c1-16(2)18-5-7-19(8-6-18)24-23(25(30)20-9-10-21-22(12-20)34-15-33-21)26(31)27(32)29(24)14-17-4-3-11-28-13-17/h3-13,16,24,30H,14-15H2,1-2H3/b25-23-. The first-order chi connectivity index (χ1) is 16.4. The fraction of sp³-hybridized carbons (Fsp3) is 0.222. The molecule has 172 valence electrons. The van der Waals surface area contributed by atoms with Gasteiger partial charge in [-0.25, -0.2) is 0 Å². The highest BCUT2D eigenvalue weighted by molar-refractivity contribution is 6.46. The molecule has 2 aliphatic rings. The summed E-state index contributed by atoms with van der Waals surface area (Å²) in [4.78, 5) is 32.0. The zero-order chi connectivity index (χ0) is 23.8. The second-order valence-electron chi connectivity index (χ2n) is 8.68. The summed E-state index contributed by atoms with van der Waals surface area (Å²) in [5, 5.41) is 11.3. The molecule has 1 saturated heterocycles. The first-order valence-electron chi connectivity index (χ1n) is 11.1. The number of Topliss-reactive ketones (excluding diaryl/α,β-unsaturated/α-hetero) is 1. The van der Waals surface area contributed by atoms with Crippen LogP contribution in [-0.2, 0) is 16.1 Å². The number of amides is 1. The van der Waals surface area contributed by atoms with Crippen LogP contribution in [0.3, 0.4) is 0 Å². The largest absolute Gasteiger partial charge is 0.507 e. The molecule has 7 nitrogen and oxygen atoms in total. The van der Waals surface area contributed by atoms with Crippen molar-refractivity contribution in [3.63, 3.8) is 0 Å². The molecule has 1 fully saturated rings. The molecule has 0 aliphatic carbocycles. The number of benzene rings is 2. The quantitative estimate of drug-likeness (QED) is 0.344. The van der Waals surface area contributed by atoms with E-state index in [1.54, 1.807) is 36.7 Å². The van der Waals surface area contributed by atoms with Crippen molar-refractivity contribution < 1.29 is 24.2 Å². The van der Waals surface area contributed by atoms with Gasteiger partial charge in [-0.2, -0.15) is 0 Å². The number of likely N-dealkylation sites (tertiary alicyclic amines) is 1. The number of aliphatic hydroxyl groups is 1. The van der Waals surface area contributed by atoms with E-state index in [2.05, 4.69) is 18.8 Å². The average molecular weight is 456 g/mol. The number of ketones is 1. The maximum Gasteiger partial charge on any atom is 0.295 e. The molecular weight excluding hydrogens is 432 g/mol. The smallest absolute Gasteiger partial charge is 0.295 e. The van der Waals surface area contributed by atoms with Crippen molar-refractivity contribution in [3.05, 3.63) is 94.8 Å². The number of carbonyl (C=O) groups excluding carboxylic acids is 2. The van der Waals surface area contributed by atoms with Crippen molar-refractivity contribution in [1.29, 1.82) is 0 Å². The molecule has 1 atom stereocenters. The molecule has 1 amide bonds. The van der Waals surface area contributed by atoms with E-state index in [1.165, 1.54) is 4.90 Å². The number of aliphatic hydroxyl groups excluding tert-OH is 1. The number of ether oxygens (including phenoxy) is 2. The van der Waals surface area contributed by atoms with Gasteiger partial charge in [0.05, 0.1) is 11.6 Å². The van der Waals surface area contributed by atoms with Crippen molar-refractivity contribution >= 4 is 17.4 Å². The number of aromatic nitrogens is 1. The lowest BCUT2D eigenvalue weighted by Crippen LogP contribution is -2.29. The normalized spacial score (nSPS) is 18.7. The summed E-state index contributed by atoms with van der Waals surface area (Å²) in [6.07, 6.45) is 3.31. The minimum atomic E-state index is -0.744. The lowest BCUT2D eigenvalue weighted by Gasteiger charge is -2.25. The third kappa shape index (κ3) is 3.79. The topological polar surface area (TPSA) is 89.0 Å². The summed E-state index contributed by atoms with van der Waals surface area (Å²) in [5.74, 6) is -0.255. The fourth-order valence-corrected chi connectivity index (χ4v) is 4.34. The summed E-state index contributed by atoms with van der Waals surface area (Å²) < 4.78 is 10.8. The second kappa shape index (κ2) is 8.67. The first kappa shape index (κ1) is 21.7. The van der Waals surface area contributed by atoms with E-state index < -0.39 is 17.7 Å². The predicted octanol–water partition coefficient (Wildman–Crippen LogP) is 4.56. The van der Waals surface area contributed by atoms with Crippen molar-refractivity contribution in [1.82, 2.24) is 9.88 Å². The van der Waals surface area contributed by atoms with Crippen LogP contribution in [0.2, 0.25) is 0 Å². The molecule has 5 rings (SSSR count). The van der Waals surface area contributed by atoms with Gasteiger partial charge in [-0.05, 0) is 46.9 Å². The van der Waals surface area contributed by atoms with Crippen LogP contribution in [0.1, 0.15) is 48.1 Å². The highest BCUT2D eigenvalue weighted by Gasteiger charge is 2.46. The second-order valence-corrected chi connectivity index (χ2v) is 8.68. The molecule has 0 radical (unpaired) electrons. The van der Waals surface area contributed by atoms with E-state index in [4.69, 9.17) is 9.47 Å². The summed E-state index contributed by atoms with van der Waals surface area (Å²) in [6, 6.07) is 15.6. The number of hydrogen-bond acceptors (Lipinski definition) is 6. The third-order valence-electron chi connectivity index (χ3n) is 6.18. The fourth-order valence-electron chi connectivity index (χ4n) is 4.34. The molecule has 1 unspecified atom stereocenters. The van der Waals surface area contributed by atoms with Gasteiger partial charge >= 0.3 is 0 Å². The molecule has 3 heterocycles. The Bertz CT molecular complexity index is 1280. The van der Waals surface area contributed by atoms with E-state index in [9.17, 15) is 14.7 Å². The number of hydrogen-bond donors (Lipinski definition) is 1. The summed E-state index contributed by atoms with van der Waals surface area (Å²) >= 11 is 0.